The van der Waals surface area contributed by atoms with Gasteiger partial charge in [0.25, 0.3) is 0 Å². The van der Waals surface area contributed by atoms with Gasteiger partial charge in [-0.2, -0.15) is 0 Å². The first-order chi connectivity index (χ1) is 8.45. The Kier molecular flexibility index (Phi) is 5.20. The van der Waals surface area contributed by atoms with Gasteiger partial charge in [0.15, 0.2) is 0 Å². The summed E-state index contributed by atoms with van der Waals surface area (Å²) in [6, 6.07) is 7.55. The molecule has 18 heavy (non-hydrogen) atoms. The standard InChI is InChI=1S/C15H23NO2/c1-5-6-11-18-13-10-8-7-9-12(13)16-14(17)15(2,3)4/h7-10H,5-6,11H2,1-4H3,(H,16,17). The summed E-state index contributed by atoms with van der Waals surface area (Å²) in [6.07, 6.45) is 2.11. The lowest BCUT2D eigenvalue weighted by atomic mass is 9.95. The van der Waals surface area contributed by atoms with Crippen molar-refractivity contribution >= 4 is 11.6 Å². The van der Waals surface area contributed by atoms with Gasteiger partial charge in [0, 0.05) is 5.41 Å². The van der Waals surface area contributed by atoms with Crippen LogP contribution in [0.1, 0.15) is 40.5 Å². The molecule has 1 N–H and O–H groups in total. The summed E-state index contributed by atoms with van der Waals surface area (Å²) in [5, 5.41) is 2.91. The maximum atomic E-state index is 11.9. The van der Waals surface area contributed by atoms with Crippen molar-refractivity contribution in [3.63, 3.8) is 0 Å². The zero-order valence-corrected chi connectivity index (χ0v) is 11.7. The highest BCUT2D eigenvalue weighted by Crippen LogP contribution is 2.26. The highest BCUT2D eigenvalue weighted by molar-refractivity contribution is 5.95. The lowest BCUT2D eigenvalue weighted by Crippen LogP contribution is -2.27. The fourth-order valence-corrected chi connectivity index (χ4v) is 1.33. The smallest absolute Gasteiger partial charge is 0.229 e. The molecule has 0 aliphatic rings. The second-order valence-electron chi connectivity index (χ2n) is 5.40. The minimum atomic E-state index is -0.406. The van der Waals surface area contributed by atoms with Gasteiger partial charge >= 0.3 is 0 Å². The van der Waals surface area contributed by atoms with E-state index < -0.39 is 5.41 Å². The second-order valence-corrected chi connectivity index (χ2v) is 5.40. The maximum Gasteiger partial charge on any atom is 0.229 e. The van der Waals surface area contributed by atoms with Crippen LogP contribution in [0.15, 0.2) is 24.3 Å². The van der Waals surface area contributed by atoms with Crippen LogP contribution in [0.3, 0.4) is 0 Å². The number of para-hydroxylation sites is 2. The average Bonchev–Trinajstić information content (AvgIpc) is 2.30. The fourth-order valence-electron chi connectivity index (χ4n) is 1.33. The normalized spacial score (nSPS) is 11.1. The quantitative estimate of drug-likeness (QED) is 0.805. The van der Waals surface area contributed by atoms with Crippen molar-refractivity contribution < 1.29 is 9.53 Å². The van der Waals surface area contributed by atoms with Crippen molar-refractivity contribution in [1.29, 1.82) is 0 Å². The predicted molar refractivity (Wildman–Crippen MR) is 74.9 cm³/mol. The van der Waals surface area contributed by atoms with Gasteiger partial charge in [-0.3, -0.25) is 4.79 Å². The summed E-state index contributed by atoms with van der Waals surface area (Å²) in [6.45, 7) is 8.48. The van der Waals surface area contributed by atoms with Crippen LogP contribution in [0.25, 0.3) is 0 Å². The topological polar surface area (TPSA) is 38.3 Å². The van der Waals surface area contributed by atoms with Crippen molar-refractivity contribution in [3.05, 3.63) is 24.3 Å². The molecule has 0 heterocycles. The number of hydrogen-bond donors (Lipinski definition) is 1. The molecule has 0 saturated carbocycles. The summed E-state index contributed by atoms with van der Waals surface area (Å²) < 4.78 is 5.68. The number of nitrogens with one attached hydrogen (secondary N) is 1. The van der Waals surface area contributed by atoms with Crippen LogP contribution in [0.4, 0.5) is 5.69 Å². The molecule has 0 aliphatic heterocycles. The van der Waals surface area contributed by atoms with E-state index in [0.717, 1.165) is 24.3 Å². The van der Waals surface area contributed by atoms with E-state index in [0.29, 0.717) is 6.61 Å². The molecule has 1 aromatic carbocycles. The highest BCUT2D eigenvalue weighted by Gasteiger charge is 2.22. The first-order valence-electron chi connectivity index (χ1n) is 6.48. The van der Waals surface area contributed by atoms with Crippen LogP contribution in [-0.2, 0) is 4.79 Å². The molecule has 0 spiro atoms. The van der Waals surface area contributed by atoms with E-state index in [9.17, 15) is 4.79 Å². The molecule has 1 aromatic rings. The van der Waals surface area contributed by atoms with Crippen molar-refractivity contribution in [2.45, 2.75) is 40.5 Å². The van der Waals surface area contributed by atoms with Gasteiger partial charge in [-0.15, -0.1) is 0 Å². The second kappa shape index (κ2) is 6.43. The first kappa shape index (κ1) is 14.6. The largest absolute Gasteiger partial charge is 0.491 e. The Morgan fingerprint density at radius 3 is 2.56 bits per heavy atom. The van der Waals surface area contributed by atoms with Gasteiger partial charge < -0.3 is 10.1 Å². The van der Waals surface area contributed by atoms with E-state index in [-0.39, 0.29) is 5.91 Å². The Labute approximate surface area is 110 Å². The molecule has 1 rings (SSSR count). The molecule has 0 aliphatic carbocycles. The Morgan fingerprint density at radius 2 is 1.94 bits per heavy atom. The minimum absolute atomic E-state index is 0.00552. The molecule has 100 valence electrons. The van der Waals surface area contributed by atoms with E-state index >= 15 is 0 Å². The molecule has 0 radical (unpaired) electrons. The lowest BCUT2D eigenvalue weighted by Gasteiger charge is -2.19. The predicted octanol–water partition coefficient (Wildman–Crippen LogP) is 3.85. The maximum absolute atomic E-state index is 11.9. The third-order valence-corrected chi connectivity index (χ3v) is 2.57. The molecule has 0 unspecified atom stereocenters. The molecule has 0 atom stereocenters. The number of hydrogen-bond acceptors (Lipinski definition) is 2. The third-order valence-electron chi connectivity index (χ3n) is 2.57. The molecular weight excluding hydrogens is 226 g/mol. The summed E-state index contributed by atoms with van der Waals surface area (Å²) in [5.74, 6) is 0.734. The number of benzene rings is 1. The highest BCUT2D eigenvalue weighted by atomic mass is 16.5. The average molecular weight is 249 g/mol. The molecule has 3 heteroatoms. The van der Waals surface area contributed by atoms with Gasteiger partial charge in [-0.05, 0) is 18.6 Å². The number of carbonyl (C=O) groups is 1. The number of carbonyl (C=O) groups excluding carboxylic acids is 1. The Hall–Kier alpha value is -1.51. The molecule has 0 saturated heterocycles. The van der Waals surface area contributed by atoms with E-state index in [1.54, 1.807) is 0 Å². The van der Waals surface area contributed by atoms with Gasteiger partial charge in [-0.1, -0.05) is 46.2 Å². The van der Waals surface area contributed by atoms with Crippen LogP contribution >= 0.6 is 0 Å². The van der Waals surface area contributed by atoms with Gasteiger partial charge in [-0.25, -0.2) is 0 Å². The van der Waals surface area contributed by atoms with Crippen molar-refractivity contribution in [2.75, 3.05) is 11.9 Å². The molecule has 3 nitrogen and oxygen atoms in total. The van der Waals surface area contributed by atoms with Crippen LogP contribution < -0.4 is 10.1 Å². The van der Waals surface area contributed by atoms with Crippen molar-refractivity contribution in [1.82, 2.24) is 0 Å². The summed E-state index contributed by atoms with van der Waals surface area (Å²) in [5.41, 5.74) is 0.338. The summed E-state index contributed by atoms with van der Waals surface area (Å²) in [4.78, 5) is 11.9. The number of anilines is 1. The Morgan fingerprint density at radius 1 is 1.28 bits per heavy atom. The zero-order valence-electron chi connectivity index (χ0n) is 11.7. The summed E-state index contributed by atoms with van der Waals surface area (Å²) in [7, 11) is 0. The lowest BCUT2D eigenvalue weighted by molar-refractivity contribution is -0.123. The van der Waals surface area contributed by atoms with E-state index in [1.165, 1.54) is 0 Å². The fraction of sp³-hybridized carbons (Fsp3) is 0.533. The third kappa shape index (κ3) is 4.40. The number of unbranched alkanes of at least 4 members (excludes halogenated alkanes) is 1. The SMILES string of the molecule is CCCCOc1ccccc1NC(=O)C(C)(C)C. The van der Waals surface area contributed by atoms with Crippen LogP contribution in [0.2, 0.25) is 0 Å². The summed E-state index contributed by atoms with van der Waals surface area (Å²) >= 11 is 0. The molecule has 0 aromatic heterocycles. The molecule has 0 bridgehead atoms. The van der Waals surface area contributed by atoms with E-state index in [2.05, 4.69) is 12.2 Å². The minimum Gasteiger partial charge on any atom is -0.491 e. The van der Waals surface area contributed by atoms with Gasteiger partial charge in [0.2, 0.25) is 5.91 Å². The van der Waals surface area contributed by atoms with Crippen LogP contribution in [0.5, 0.6) is 5.75 Å². The van der Waals surface area contributed by atoms with Crippen LogP contribution in [0, 0.1) is 5.41 Å². The molecule has 0 fully saturated rings. The van der Waals surface area contributed by atoms with E-state index in [4.69, 9.17) is 4.74 Å². The number of ether oxygens (including phenoxy) is 1. The Bertz CT molecular complexity index is 394. The van der Waals surface area contributed by atoms with Crippen molar-refractivity contribution in [2.24, 2.45) is 5.41 Å². The van der Waals surface area contributed by atoms with Gasteiger partial charge in [0.05, 0.1) is 12.3 Å². The van der Waals surface area contributed by atoms with E-state index in [1.807, 2.05) is 45.0 Å². The molecule has 1 amide bonds. The van der Waals surface area contributed by atoms with Gasteiger partial charge in [0.1, 0.15) is 5.75 Å². The number of amides is 1. The first-order valence-corrected chi connectivity index (χ1v) is 6.48. The number of rotatable bonds is 5. The van der Waals surface area contributed by atoms with Crippen molar-refractivity contribution in [3.8, 4) is 5.75 Å². The molecular formula is C15H23NO2. The van der Waals surface area contributed by atoms with Crippen LogP contribution in [-0.4, -0.2) is 12.5 Å². The zero-order chi connectivity index (χ0) is 13.6. The monoisotopic (exact) mass is 249 g/mol. The Balaban J connectivity index is 2.73.